The van der Waals surface area contributed by atoms with E-state index < -0.39 is 39.0 Å². The number of hydrogen-bond donors (Lipinski definition) is 1. The molecular formula is C8H6F3N3O4. The van der Waals surface area contributed by atoms with Crippen molar-refractivity contribution in [2.75, 3.05) is 0 Å². The number of rotatable bonds is 3. The van der Waals surface area contributed by atoms with Gasteiger partial charge in [-0.1, -0.05) is 0 Å². The fraction of sp³-hybridized carbons (Fsp3) is 0.250. The zero-order valence-corrected chi connectivity index (χ0v) is 8.55. The summed E-state index contributed by atoms with van der Waals surface area (Å²) in [5, 5.41) is 20.9. The Hall–Kier alpha value is -2.23. The second-order valence-electron chi connectivity index (χ2n) is 3.32. The molecule has 98 valence electrons. The van der Waals surface area contributed by atoms with Crippen LogP contribution in [0.2, 0.25) is 0 Å². The molecule has 0 saturated carbocycles. The van der Waals surface area contributed by atoms with Crippen molar-refractivity contribution in [3.63, 3.8) is 0 Å². The van der Waals surface area contributed by atoms with Gasteiger partial charge in [-0.3, -0.25) is 20.2 Å². The molecule has 0 bridgehead atoms. The number of benzene rings is 1. The predicted octanol–water partition coefficient (Wildman–Crippen LogP) is 2.07. The van der Waals surface area contributed by atoms with Gasteiger partial charge in [-0.2, -0.15) is 13.2 Å². The van der Waals surface area contributed by atoms with E-state index in [-0.39, 0.29) is 0 Å². The van der Waals surface area contributed by atoms with Crippen LogP contribution in [0.15, 0.2) is 18.2 Å². The minimum Gasteiger partial charge on any atom is -0.316 e. The van der Waals surface area contributed by atoms with Crippen molar-refractivity contribution in [3.8, 4) is 0 Å². The second kappa shape index (κ2) is 4.56. The summed E-state index contributed by atoms with van der Waals surface area (Å²) < 4.78 is 37.0. The average Bonchev–Trinajstić information content (AvgIpc) is 2.26. The number of nitro benzene ring substituents is 2. The standard InChI is InChI=1S/C8H6F3N3O4/c9-8(10,11)7(12)4-1-5(13(15)16)3-6(2-4)14(17)18/h1-3,7H,12H2/t7-/m0/s1. The summed E-state index contributed by atoms with van der Waals surface area (Å²) in [5.41, 5.74) is 2.47. The molecule has 0 saturated heterocycles. The van der Waals surface area contributed by atoms with E-state index in [4.69, 9.17) is 5.73 Å². The van der Waals surface area contributed by atoms with Crippen molar-refractivity contribution in [1.82, 2.24) is 0 Å². The molecule has 1 aromatic rings. The van der Waals surface area contributed by atoms with E-state index in [0.717, 1.165) is 0 Å². The van der Waals surface area contributed by atoms with Gasteiger partial charge in [0.1, 0.15) is 6.04 Å². The van der Waals surface area contributed by atoms with E-state index in [2.05, 4.69) is 0 Å². The predicted molar refractivity (Wildman–Crippen MR) is 52.7 cm³/mol. The Bertz CT molecular complexity index is 471. The molecule has 0 fully saturated rings. The van der Waals surface area contributed by atoms with Gasteiger partial charge in [-0.25, -0.2) is 0 Å². The van der Waals surface area contributed by atoms with Crippen LogP contribution < -0.4 is 5.73 Å². The third kappa shape index (κ3) is 2.91. The maximum atomic E-state index is 12.3. The number of nitrogens with two attached hydrogens (primary N) is 1. The Morgan fingerprint density at radius 1 is 1.06 bits per heavy atom. The van der Waals surface area contributed by atoms with Crippen molar-refractivity contribution in [2.45, 2.75) is 12.2 Å². The van der Waals surface area contributed by atoms with Crippen molar-refractivity contribution in [2.24, 2.45) is 5.73 Å². The molecule has 0 unspecified atom stereocenters. The van der Waals surface area contributed by atoms with Gasteiger partial charge < -0.3 is 5.73 Å². The highest BCUT2D eigenvalue weighted by molar-refractivity contribution is 5.47. The van der Waals surface area contributed by atoms with Gasteiger partial charge in [0.25, 0.3) is 11.4 Å². The first kappa shape index (κ1) is 13.8. The molecule has 0 radical (unpaired) electrons. The molecule has 2 N–H and O–H groups in total. The molecule has 0 heterocycles. The molecular weight excluding hydrogens is 259 g/mol. The zero-order chi connectivity index (χ0) is 14.1. The fourth-order valence-corrected chi connectivity index (χ4v) is 1.20. The third-order valence-electron chi connectivity index (χ3n) is 2.06. The van der Waals surface area contributed by atoms with Gasteiger partial charge in [0, 0.05) is 12.1 Å². The zero-order valence-electron chi connectivity index (χ0n) is 8.55. The minimum atomic E-state index is -4.84. The Kier molecular flexibility index (Phi) is 3.51. The van der Waals surface area contributed by atoms with E-state index in [1.165, 1.54) is 0 Å². The summed E-state index contributed by atoms with van der Waals surface area (Å²) in [4.78, 5) is 18.9. The number of halogens is 3. The van der Waals surface area contributed by atoms with Crippen LogP contribution in [0, 0.1) is 20.2 Å². The van der Waals surface area contributed by atoms with Crippen molar-refractivity contribution in [3.05, 3.63) is 44.0 Å². The normalized spacial score (nSPS) is 13.1. The molecule has 0 aliphatic carbocycles. The summed E-state index contributed by atoms with van der Waals surface area (Å²) in [6.45, 7) is 0. The number of alkyl halides is 3. The number of hydrogen-bond acceptors (Lipinski definition) is 5. The molecule has 10 heteroatoms. The third-order valence-corrected chi connectivity index (χ3v) is 2.06. The fourth-order valence-electron chi connectivity index (χ4n) is 1.20. The summed E-state index contributed by atoms with van der Waals surface area (Å²) in [6.07, 6.45) is -4.84. The first-order valence-corrected chi connectivity index (χ1v) is 4.39. The molecule has 0 aliphatic heterocycles. The topological polar surface area (TPSA) is 112 Å². The number of nitrogens with zero attached hydrogens (tertiary/aromatic N) is 2. The lowest BCUT2D eigenvalue weighted by Gasteiger charge is -2.15. The van der Waals surface area contributed by atoms with Crippen LogP contribution >= 0.6 is 0 Å². The summed E-state index contributed by atoms with van der Waals surface area (Å²) in [6, 6.07) is -0.834. The quantitative estimate of drug-likeness (QED) is 0.663. The summed E-state index contributed by atoms with van der Waals surface area (Å²) in [5.74, 6) is 0. The highest BCUT2D eigenvalue weighted by Crippen LogP contribution is 2.34. The lowest BCUT2D eigenvalue weighted by atomic mass is 10.1. The molecule has 0 aromatic heterocycles. The molecule has 0 amide bonds. The van der Waals surface area contributed by atoms with Gasteiger partial charge in [-0.15, -0.1) is 0 Å². The maximum absolute atomic E-state index is 12.3. The van der Waals surface area contributed by atoms with Crippen LogP contribution in [0.5, 0.6) is 0 Å². The monoisotopic (exact) mass is 265 g/mol. The molecule has 7 nitrogen and oxygen atoms in total. The molecule has 1 atom stereocenters. The highest BCUT2D eigenvalue weighted by atomic mass is 19.4. The van der Waals surface area contributed by atoms with E-state index >= 15 is 0 Å². The van der Waals surface area contributed by atoms with Gasteiger partial charge in [0.2, 0.25) is 0 Å². The van der Waals surface area contributed by atoms with Gasteiger partial charge in [-0.05, 0) is 5.56 Å². The van der Waals surface area contributed by atoms with Crippen LogP contribution in [0.1, 0.15) is 11.6 Å². The van der Waals surface area contributed by atoms with Crippen LogP contribution in [-0.4, -0.2) is 16.0 Å². The summed E-state index contributed by atoms with van der Waals surface area (Å²) >= 11 is 0. The van der Waals surface area contributed by atoms with Gasteiger partial charge in [0.15, 0.2) is 0 Å². The number of non-ortho nitro benzene ring substituents is 2. The Morgan fingerprint density at radius 2 is 1.44 bits per heavy atom. The highest BCUT2D eigenvalue weighted by Gasteiger charge is 2.39. The van der Waals surface area contributed by atoms with Crippen LogP contribution in [0.3, 0.4) is 0 Å². The average molecular weight is 265 g/mol. The number of nitro groups is 2. The molecule has 0 aliphatic rings. The molecule has 1 aromatic carbocycles. The molecule has 1 rings (SSSR count). The smallest absolute Gasteiger partial charge is 0.316 e. The van der Waals surface area contributed by atoms with Gasteiger partial charge >= 0.3 is 6.18 Å². The second-order valence-corrected chi connectivity index (χ2v) is 3.32. The first-order chi connectivity index (χ1) is 8.12. The lowest BCUT2D eigenvalue weighted by molar-refractivity contribution is -0.394. The minimum absolute atomic E-state index is 0.561. The van der Waals surface area contributed by atoms with Crippen molar-refractivity contribution < 1.29 is 23.0 Å². The largest absolute Gasteiger partial charge is 0.407 e. The summed E-state index contributed by atoms with van der Waals surface area (Å²) in [7, 11) is 0. The lowest BCUT2D eigenvalue weighted by Crippen LogP contribution is -2.28. The Labute approximate surface area is 97.3 Å². The van der Waals surface area contributed by atoms with Gasteiger partial charge in [0.05, 0.1) is 15.9 Å². The first-order valence-electron chi connectivity index (χ1n) is 4.39. The van der Waals surface area contributed by atoms with Crippen LogP contribution in [0.25, 0.3) is 0 Å². The Morgan fingerprint density at radius 3 is 1.72 bits per heavy atom. The molecule has 18 heavy (non-hydrogen) atoms. The van der Waals surface area contributed by atoms with Crippen LogP contribution in [-0.2, 0) is 0 Å². The van der Waals surface area contributed by atoms with Crippen LogP contribution in [0.4, 0.5) is 24.5 Å². The van der Waals surface area contributed by atoms with Crippen molar-refractivity contribution in [1.29, 1.82) is 0 Å². The van der Waals surface area contributed by atoms with Crippen molar-refractivity contribution >= 4 is 11.4 Å². The van der Waals surface area contributed by atoms with E-state index in [9.17, 15) is 33.4 Å². The van der Waals surface area contributed by atoms with E-state index in [1.54, 1.807) is 0 Å². The molecule has 0 spiro atoms. The van der Waals surface area contributed by atoms with E-state index in [0.29, 0.717) is 18.2 Å². The Balaban J connectivity index is 3.36. The SMILES string of the molecule is N[C@@H](c1cc([N+](=O)[O-])cc([N+](=O)[O-])c1)C(F)(F)F. The van der Waals surface area contributed by atoms with E-state index in [1.807, 2.05) is 0 Å². The maximum Gasteiger partial charge on any atom is 0.407 e.